The molecule has 0 aliphatic carbocycles. The van der Waals surface area contributed by atoms with Crippen LogP contribution in [0.15, 0.2) is 21.8 Å². The number of fused-ring (bicyclic) bond motifs is 1. The predicted molar refractivity (Wildman–Crippen MR) is 75.1 cm³/mol. The fourth-order valence-corrected chi connectivity index (χ4v) is 3.16. The number of nitrogens with one attached hydrogen (secondary N) is 2. The largest absolute Gasteiger partial charge is 0.480 e. The van der Waals surface area contributed by atoms with E-state index in [1.165, 1.54) is 11.3 Å². The lowest BCUT2D eigenvalue weighted by Crippen LogP contribution is -2.15. The Hall–Kier alpha value is -1.64. The minimum Gasteiger partial charge on any atom is -0.480 e. The molecule has 3 heterocycles. The number of methoxy groups -OCH3 is 1. The van der Waals surface area contributed by atoms with Gasteiger partial charge in [0.1, 0.15) is 5.69 Å². The lowest BCUT2D eigenvalue weighted by Gasteiger charge is -2.04. The SMILES string of the molecule is COc1nc2sccn2c1CNCc1csc(=O)[nH]1. The van der Waals surface area contributed by atoms with Gasteiger partial charge in [-0.05, 0) is 0 Å². The van der Waals surface area contributed by atoms with Crippen LogP contribution in [0.4, 0.5) is 0 Å². The third-order valence-electron chi connectivity index (χ3n) is 2.70. The zero-order valence-electron chi connectivity index (χ0n) is 10.2. The Morgan fingerprint density at radius 1 is 1.47 bits per heavy atom. The second kappa shape index (κ2) is 5.16. The van der Waals surface area contributed by atoms with Crippen molar-refractivity contribution in [2.75, 3.05) is 7.11 Å². The number of H-pyrrole nitrogens is 1. The maximum absolute atomic E-state index is 11.0. The minimum absolute atomic E-state index is 0.0287. The standard InChI is InChI=1S/C11H12N4O2S2/c1-17-9-8(15-2-3-18-10(15)14-9)5-12-4-7-6-19-11(16)13-7/h2-3,6,12H,4-5H2,1H3,(H,13,16). The van der Waals surface area contributed by atoms with Gasteiger partial charge in [0.15, 0.2) is 4.96 Å². The number of thiazole rings is 2. The van der Waals surface area contributed by atoms with E-state index in [4.69, 9.17) is 4.74 Å². The van der Waals surface area contributed by atoms with Gasteiger partial charge in [0.05, 0.1) is 7.11 Å². The van der Waals surface area contributed by atoms with Gasteiger partial charge in [-0.15, -0.1) is 11.3 Å². The van der Waals surface area contributed by atoms with E-state index in [2.05, 4.69) is 15.3 Å². The summed E-state index contributed by atoms with van der Waals surface area (Å²) in [6, 6.07) is 0. The summed E-state index contributed by atoms with van der Waals surface area (Å²) >= 11 is 2.74. The van der Waals surface area contributed by atoms with Gasteiger partial charge in [-0.1, -0.05) is 11.3 Å². The molecule has 0 aliphatic heterocycles. The zero-order valence-corrected chi connectivity index (χ0v) is 11.8. The third kappa shape index (κ3) is 2.42. The molecule has 19 heavy (non-hydrogen) atoms. The van der Waals surface area contributed by atoms with Crippen molar-refractivity contribution < 1.29 is 4.74 Å². The van der Waals surface area contributed by atoms with E-state index in [0.717, 1.165) is 16.3 Å². The summed E-state index contributed by atoms with van der Waals surface area (Å²) < 4.78 is 7.28. The van der Waals surface area contributed by atoms with Crippen molar-refractivity contribution in [3.63, 3.8) is 0 Å². The van der Waals surface area contributed by atoms with Crippen molar-refractivity contribution in [2.45, 2.75) is 13.1 Å². The van der Waals surface area contributed by atoms with Gasteiger partial charge >= 0.3 is 4.87 Å². The number of aromatic nitrogens is 3. The molecule has 0 bridgehead atoms. The molecule has 0 saturated heterocycles. The van der Waals surface area contributed by atoms with Gasteiger partial charge in [-0.2, -0.15) is 4.98 Å². The first kappa shape index (κ1) is 12.4. The van der Waals surface area contributed by atoms with Crippen molar-refractivity contribution in [1.82, 2.24) is 19.7 Å². The van der Waals surface area contributed by atoms with Crippen molar-refractivity contribution in [2.24, 2.45) is 0 Å². The first-order valence-electron chi connectivity index (χ1n) is 5.63. The highest BCUT2D eigenvalue weighted by Gasteiger charge is 2.13. The molecule has 2 N–H and O–H groups in total. The van der Waals surface area contributed by atoms with Crippen LogP contribution in [-0.2, 0) is 13.1 Å². The molecular weight excluding hydrogens is 284 g/mol. The number of aromatic amines is 1. The summed E-state index contributed by atoms with van der Waals surface area (Å²) in [5, 5.41) is 7.08. The molecule has 3 aromatic heterocycles. The molecule has 0 aliphatic rings. The lowest BCUT2D eigenvalue weighted by atomic mass is 10.4. The lowest BCUT2D eigenvalue weighted by molar-refractivity contribution is 0.392. The number of hydrogen-bond donors (Lipinski definition) is 2. The Kier molecular flexibility index (Phi) is 3.36. The van der Waals surface area contributed by atoms with Crippen LogP contribution < -0.4 is 14.9 Å². The summed E-state index contributed by atoms with van der Waals surface area (Å²) in [5.74, 6) is 0.637. The fourth-order valence-electron chi connectivity index (χ4n) is 1.85. The molecule has 0 saturated carbocycles. The van der Waals surface area contributed by atoms with E-state index < -0.39 is 0 Å². The quantitative estimate of drug-likeness (QED) is 0.747. The van der Waals surface area contributed by atoms with Crippen LogP contribution in [-0.4, -0.2) is 21.5 Å². The maximum Gasteiger partial charge on any atom is 0.304 e. The Bertz CT molecular complexity index is 739. The third-order valence-corrected chi connectivity index (χ3v) is 4.17. The minimum atomic E-state index is -0.0287. The fraction of sp³-hybridized carbons (Fsp3) is 0.273. The number of nitrogens with zero attached hydrogens (tertiary/aromatic N) is 2. The number of hydrogen-bond acceptors (Lipinski definition) is 6. The topological polar surface area (TPSA) is 71.4 Å². The highest BCUT2D eigenvalue weighted by molar-refractivity contribution is 7.15. The monoisotopic (exact) mass is 296 g/mol. The smallest absolute Gasteiger partial charge is 0.304 e. The van der Waals surface area contributed by atoms with E-state index in [1.807, 2.05) is 21.4 Å². The highest BCUT2D eigenvalue weighted by atomic mass is 32.1. The number of rotatable bonds is 5. The molecule has 0 unspecified atom stereocenters. The molecule has 0 spiro atoms. The second-order valence-electron chi connectivity index (χ2n) is 3.90. The first-order valence-corrected chi connectivity index (χ1v) is 7.39. The average molecular weight is 296 g/mol. The van der Waals surface area contributed by atoms with Crippen LogP contribution in [0.2, 0.25) is 0 Å². The summed E-state index contributed by atoms with van der Waals surface area (Å²) in [4.78, 5) is 19.1. The molecule has 0 amide bonds. The van der Waals surface area contributed by atoms with Crippen LogP contribution in [0, 0.1) is 0 Å². The number of imidazole rings is 1. The zero-order chi connectivity index (χ0) is 13.2. The van der Waals surface area contributed by atoms with Crippen molar-refractivity contribution >= 4 is 27.6 Å². The van der Waals surface area contributed by atoms with Crippen molar-refractivity contribution in [3.05, 3.63) is 38.0 Å². The Balaban J connectivity index is 1.73. The van der Waals surface area contributed by atoms with Gasteiger partial charge in [-0.3, -0.25) is 9.20 Å². The molecule has 3 rings (SSSR count). The van der Waals surface area contributed by atoms with Crippen LogP contribution in [0.3, 0.4) is 0 Å². The van der Waals surface area contributed by atoms with Gasteiger partial charge < -0.3 is 15.0 Å². The first-order chi connectivity index (χ1) is 9.28. The highest BCUT2D eigenvalue weighted by Crippen LogP contribution is 2.22. The molecule has 0 aromatic carbocycles. The second-order valence-corrected chi connectivity index (χ2v) is 5.62. The van der Waals surface area contributed by atoms with E-state index >= 15 is 0 Å². The van der Waals surface area contributed by atoms with E-state index in [0.29, 0.717) is 19.0 Å². The van der Waals surface area contributed by atoms with Gasteiger partial charge in [0.2, 0.25) is 5.88 Å². The van der Waals surface area contributed by atoms with Gasteiger partial charge in [-0.25, -0.2) is 0 Å². The summed E-state index contributed by atoms with van der Waals surface area (Å²) in [6.45, 7) is 1.23. The Morgan fingerprint density at radius 2 is 2.37 bits per heavy atom. The summed E-state index contributed by atoms with van der Waals surface area (Å²) in [7, 11) is 1.62. The molecule has 6 nitrogen and oxygen atoms in total. The van der Waals surface area contributed by atoms with E-state index in [9.17, 15) is 4.79 Å². The molecule has 0 fully saturated rings. The van der Waals surface area contributed by atoms with E-state index in [-0.39, 0.29) is 4.87 Å². The molecule has 8 heteroatoms. The van der Waals surface area contributed by atoms with Gasteiger partial charge in [0, 0.05) is 35.7 Å². The molecule has 0 atom stereocenters. The molecule has 3 aromatic rings. The van der Waals surface area contributed by atoms with Crippen molar-refractivity contribution in [1.29, 1.82) is 0 Å². The number of ether oxygens (including phenoxy) is 1. The maximum atomic E-state index is 11.0. The summed E-state index contributed by atoms with van der Waals surface area (Å²) in [6.07, 6.45) is 1.97. The van der Waals surface area contributed by atoms with E-state index in [1.54, 1.807) is 18.4 Å². The molecule has 100 valence electrons. The van der Waals surface area contributed by atoms with Crippen LogP contribution in [0.1, 0.15) is 11.4 Å². The Morgan fingerprint density at radius 3 is 3.11 bits per heavy atom. The Labute approximate surface area is 116 Å². The predicted octanol–water partition coefficient (Wildman–Crippen LogP) is 1.44. The average Bonchev–Trinajstić information content (AvgIpc) is 3.06. The van der Waals surface area contributed by atoms with Crippen molar-refractivity contribution in [3.8, 4) is 5.88 Å². The normalized spacial score (nSPS) is 11.2. The van der Waals surface area contributed by atoms with Crippen LogP contribution in [0.5, 0.6) is 5.88 Å². The van der Waals surface area contributed by atoms with Crippen LogP contribution >= 0.6 is 22.7 Å². The van der Waals surface area contributed by atoms with Gasteiger partial charge in [0.25, 0.3) is 0 Å². The molecular formula is C11H12N4O2S2. The van der Waals surface area contributed by atoms with Crippen LogP contribution in [0.25, 0.3) is 4.96 Å². The molecule has 0 radical (unpaired) electrons. The summed E-state index contributed by atoms with van der Waals surface area (Å²) in [5.41, 5.74) is 1.87.